The Labute approximate surface area is 117 Å². The Balaban J connectivity index is 2.21. The Kier molecular flexibility index (Phi) is 4.66. The molecule has 2 N–H and O–H groups in total. The quantitative estimate of drug-likeness (QED) is 0.899. The minimum absolute atomic E-state index is 0.382. The Morgan fingerprint density at radius 1 is 1.05 bits per heavy atom. The molecule has 0 bridgehead atoms. The molecule has 0 aliphatic carbocycles. The van der Waals surface area contributed by atoms with Gasteiger partial charge in [-0.2, -0.15) is 0 Å². The van der Waals surface area contributed by atoms with Gasteiger partial charge < -0.3 is 15.2 Å². The lowest BCUT2D eigenvalue weighted by molar-refractivity contribution is 0.339. The number of hydrogen-bond donors (Lipinski definition) is 1. The lowest BCUT2D eigenvalue weighted by Crippen LogP contribution is -1.99. The molecule has 0 atom stereocenters. The third-order valence-corrected chi connectivity index (χ3v) is 2.92. The van der Waals surface area contributed by atoms with Crippen LogP contribution in [0.15, 0.2) is 42.5 Å². The minimum atomic E-state index is 0.382. The fraction of sp³-hybridized carbons (Fsp3) is 0.200. The Morgan fingerprint density at radius 2 is 1.74 bits per heavy atom. The van der Waals surface area contributed by atoms with Gasteiger partial charge in [0.2, 0.25) is 0 Å². The van der Waals surface area contributed by atoms with E-state index in [1.165, 1.54) is 0 Å². The second-order valence-corrected chi connectivity index (χ2v) is 4.35. The number of nitrogens with two attached hydrogens (primary N) is 1. The Bertz CT molecular complexity index is 540. The maximum Gasteiger partial charge on any atom is 0.150 e. The van der Waals surface area contributed by atoms with Crippen molar-refractivity contribution in [2.75, 3.05) is 6.61 Å². The van der Waals surface area contributed by atoms with E-state index >= 15 is 0 Å². The van der Waals surface area contributed by atoms with E-state index in [0.29, 0.717) is 29.7 Å². The first-order chi connectivity index (χ1) is 9.24. The molecule has 3 nitrogen and oxygen atoms in total. The molecule has 0 aliphatic rings. The van der Waals surface area contributed by atoms with E-state index in [9.17, 15) is 0 Å². The molecule has 0 heterocycles. The summed E-state index contributed by atoms with van der Waals surface area (Å²) in [4.78, 5) is 0. The molecule has 0 aromatic heterocycles. The molecule has 0 fully saturated rings. The molecule has 2 rings (SSSR count). The Morgan fingerprint density at radius 3 is 2.37 bits per heavy atom. The van der Waals surface area contributed by atoms with Crippen LogP contribution in [0.3, 0.4) is 0 Å². The molecule has 19 heavy (non-hydrogen) atoms. The molecule has 4 heteroatoms. The molecule has 0 aliphatic heterocycles. The number of para-hydroxylation sites is 1. The number of benzene rings is 2. The summed E-state index contributed by atoms with van der Waals surface area (Å²) in [7, 11) is 0. The van der Waals surface area contributed by atoms with E-state index in [4.69, 9.17) is 26.8 Å². The van der Waals surface area contributed by atoms with Crippen molar-refractivity contribution >= 4 is 11.6 Å². The number of ether oxygens (including phenoxy) is 2. The molecule has 100 valence electrons. The van der Waals surface area contributed by atoms with E-state index < -0.39 is 0 Å². The average Bonchev–Trinajstić information content (AvgIpc) is 2.43. The first kappa shape index (κ1) is 13.7. The zero-order chi connectivity index (χ0) is 13.7. The van der Waals surface area contributed by atoms with Gasteiger partial charge in [-0.05, 0) is 37.3 Å². The van der Waals surface area contributed by atoms with Gasteiger partial charge in [0.1, 0.15) is 17.2 Å². The molecular formula is C15H16ClNO2. The maximum absolute atomic E-state index is 6.13. The largest absolute Gasteiger partial charge is 0.494 e. The van der Waals surface area contributed by atoms with Crippen molar-refractivity contribution in [2.24, 2.45) is 5.73 Å². The number of hydrogen-bond acceptors (Lipinski definition) is 3. The summed E-state index contributed by atoms with van der Waals surface area (Å²) in [5, 5.41) is 0.553. The third-order valence-electron chi connectivity index (χ3n) is 2.62. The highest BCUT2D eigenvalue weighted by atomic mass is 35.5. The first-order valence-corrected chi connectivity index (χ1v) is 6.50. The SMILES string of the molecule is CCOc1ccc(Oc2c(Cl)cccc2CN)cc1. The van der Waals surface area contributed by atoms with Crippen LogP contribution in [0.4, 0.5) is 0 Å². The molecule has 2 aromatic carbocycles. The van der Waals surface area contributed by atoms with Crippen molar-refractivity contribution in [3.05, 3.63) is 53.1 Å². The zero-order valence-corrected chi connectivity index (χ0v) is 11.5. The summed E-state index contributed by atoms with van der Waals surface area (Å²) >= 11 is 6.13. The normalized spacial score (nSPS) is 10.3. The smallest absolute Gasteiger partial charge is 0.150 e. The maximum atomic E-state index is 6.13. The van der Waals surface area contributed by atoms with Crippen molar-refractivity contribution in [1.82, 2.24) is 0 Å². The van der Waals surface area contributed by atoms with Crippen LogP contribution in [0.1, 0.15) is 12.5 Å². The van der Waals surface area contributed by atoms with Crippen LogP contribution in [0.2, 0.25) is 5.02 Å². The fourth-order valence-electron chi connectivity index (χ4n) is 1.72. The van der Waals surface area contributed by atoms with E-state index in [-0.39, 0.29) is 0 Å². The van der Waals surface area contributed by atoms with Gasteiger partial charge in [0.15, 0.2) is 0 Å². The van der Waals surface area contributed by atoms with Crippen LogP contribution in [-0.4, -0.2) is 6.61 Å². The molecule has 0 radical (unpaired) electrons. The van der Waals surface area contributed by atoms with Gasteiger partial charge in [0.25, 0.3) is 0 Å². The third kappa shape index (κ3) is 3.40. The summed E-state index contributed by atoms with van der Waals surface area (Å²) in [6.45, 7) is 2.97. The predicted octanol–water partition coefficient (Wildman–Crippen LogP) is 3.99. The monoisotopic (exact) mass is 277 g/mol. The highest BCUT2D eigenvalue weighted by molar-refractivity contribution is 6.32. The van der Waals surface area contributed by atoms with Crippen molar-refractivity contribution in [1.29, 1.82) is 0 Å². The molecule has 0 unspecified atom stereocenters. The summed E-state index contributed by atoms with van der Waals surface area (Å²) < 4.78 is 11.2. The van der Waals surface area contributed by atoms with Crippen LogP contribution in [-0.2, 0) is 6.54 Å². The lowest BCUT2D eigenvalue weighted by atomic mass is 10.2. The highest BCUT2D eigenvalue weighted by Crippen LogP contribution is 2.33. The van der Waals surface area contributed by atoms with Crippen molar-refractivity contribution in [3.63, 3.8) is 0 Å². The zero-order valence-electron chi connectivity index (χ0n) is 10.7. The number of rotatable bonds is 5. The van der Waals surface area contributed by atoms with Crippen molar-refractivity contribution in [3.8, 4) is 17.2 Å². The van der Waals surface area contributed by atoms with E-state index in [1.54, 1.807) is 6.07 Å². The molecule has 0 spiro atoms. The van der Waals surface area contributed by atoms with E-state index in [2.05, 4.69) is 0 Å². The van der Waals surface area contributed by atoms with Crippen LogP contribution in [0, 0.1) is 0 Å². The fourth-order valence-corrected chi connectivity index (χ4v) is 1.95. The summed E-state index contributed by atoms with van der Waals surface area (Å²) in [5.41, 5.74) is 6.55. The minimum Gasteiger partial charge on any atom is -0.494 e. The summed E-state index contributed by atoms with van der Waals surface area (Å²) in [5.74, 6) is 2.12. The molecule has 0 amide bonds. The second kappa shape index (κ2) is 6.45. The lowest BCUT2D eigenvalue weighted by Gasteiger charge is -2.12. The molecule has 2 aromatic rings. The first-order valence-electron chi connectivity index (χ1n) is 6.12. The van der Waals surface area contributed by atoms with Gasteiger partial charge in [-0.25, -0.2) is 0 Å². The Hall–Kier alpha value is -1.71. The molecule has 0 saturated heterocycles. The van der Waals surface area contributed by atoms with Gasteiger partial charge in [0, 0.05) is 12.1 Å². The van der Waals surface area contributed by atoms with Crippen LogP contribution >= 0.6 is 11.6 Å². The van der Waals surface area contributed by atoms with E-state index in [0.717, 1.165) is 11.3 Å². The van der Waals surface area contributed by atoms with Crippen LogP contribution in [0.25, 0.3) is 0 Å². The molecule has 0 saturated carbocycles. The van der Waals surface area contributed by atoms with Gasteiger partial charge >= 0.3 is 0 Å². The summed E-state index contributed by atoms with van der Waals surface area (Å²) in [6.07, 6.45) is 0. The molecular weight excluding hydrogens is 262 g/mol. The predicted molar refractivity (Wildman–Crippen MR) is 77.0 cm³/mol. The van der Waals surface area contributed by atoms with Crippen molar-refractivity contribution in [2.45, 2.75) is 13.5 Å². The number of halogens is 1. The van der Waals surface area contributed by atoms with Gasteiger partial charge in [-0.1, -0.05) is 23.7 Å². The van der Waals surface area contributed by atoms with Crippen LogP contribution in [0.5, 0.6) is 17.2 Å². The average molecular weight is 278 g/mol. The highest BCUT2D eigenvalue weighted by Gasteiger charge is 2.08. The second-order valence-electron chi connectivity index (χ2n) is 3.94. The van der Waals surface area contributed by atoms with Gasteiger partial charge in [-0.15, -0.1) is 0 Å². The van der Waals surface area contributed by atoms with Crippen molar-refractivity contribution < 1.29 is 9.47 Å². The van der Waals surface area contributed by atoms with Crippen LogP contribution < -0.4 is 15.2 Å². The van der Waals surface area contributed by atoms with Gasteiger partial charge in [-0.3, -0.25) is 0 Å². The topological polar surface area (TPSA) is 44.5 Å². The van der Waals surface area contributed by atoms with E-state index in [1.807, 2.05) is 43.3 Å². The van der Waals surface area contributed by atoms with Gasteiger partial charge in [0.05, 0.1) is 11.6 Å². The summed E-state index contributed by atoms with van der Waals surface area (Å²) in [6, 6.07) is 12.9. The standard InChI is InChI=1S/C15H16ClNO2/c1-2-18-12-6-8-13(9-7-12)19-15-11(10-17)4-3-5-14(15)16/h3-9H,2,10,17H2,1H3.